The van der Waals surface area contributed by atoms with Crippen LogP contribution in [0.1, 0.15) is 50.4 Å². The van der Waals surface area contributed by atoms with Crippen LogP contribution in [0.2, 0.25) is 0 Å². The van der Waals surface area contributed by atoms with Gasteiger partial charge in [0.15, 0.2) is 11.5 Å². The zero-order valence-corrected chi connectivity index (χ0v) is 13.8. The molecule has 6 heteroatoms. The van der Waals surface area contributed by atoms with E-state index in [2.05, 4.69) is 36.2 Å². The molecule has 0 spiro atoms. The Kier molecular flexibility index (Phi) is 5.12. The smallest absolute Gasteiger partial charge is 0.287 e. The van der Waals surface area contributed by atoms with Gasteiger partial charge in [-0.3, -0.25) is 4.79 Å². The van der Waals surface area contributed by atoms with Crippen molar-refractivity contribution in [3.8, 4) is 11.8 Å². The second-order valence-corrected chi connectivity index (χ2v) is 6.35. The van der Waals surface area contributed by atoms with Crippen LogP contribution in [0, 0.1) is 17.8 Å². The minimum atomic E-state index is -1.11. The van der Waals surface area contributed by atoms with E-state index in [1.807, 2.05) is 0 Å². The Labute approximate surface area is 135 Å². The van der Waals surface area contributed by atoms with Crippen molar-refractivity contribution in [1.82, 2.24) is 5.32 Å². The van der Waals surface area contributed by atoms with E-state index in [4.69, 9.17) is 9.25 Å². The summed E-state index contributed by atoms with van der Waals surface area (Å²) in [4.78, 5) is 17.3. The van der Waals surface area contributed by atoms with Crippen LogP contribution in [0.25, 0.3) is 0 Å². The van der Waals surface area contributed by atoms with Crippen molar-refractivity contribution < 1.29 is 19.2 Å². The van der Waals surface area contributed by atoms with Gasteiger partial charge in [0.25, 0.3) is 5.91 Å². The predicted molar refractivity (Wildman–Crippen MR) is 86.0 cm³/mol. The second-order valence-electron chi connectivity index (χ2n) is 6.35. The highest BCUT2D eigenvalue weighted by molar-refractivity contribution is 5.91. The molecule has 0 radical (unpaired) electrons. The molecule has 0 saturated carbocycles. The molecule has 0 aliphatic carbocycles. The van der Waals surface area contributed by atoms with Crippen molar-refractivity contribution in [3.05, 3.63) is 23.7 Å². The fourth-order valence-electron chi connectivity index (χ4n) is 1.94. The lowest BCUT2D eigenvalue weighted by Crippen LogP contribution is -2.32. The summed E-state index contributed by atoms with van der Waals surface area (Å²) in [6.45, 7) is 7.63. The molecule has 6 nitrogen and oxygen atoms in total. The van der Waals surface area contributed by atoms with Crippen molar-refractivity contribution in [2.24, 2.45) is 11.1 Å². The van der Waals surface area contributed by atoms with Gasteiger partial charge in [-0.1, -0.05) is 24.9 Å². The molecule has 0 aromatic carbocycles. The van der Waals surface area contributed by atoms with Gasteiger partial charge in [-0.25, -0.2) is 0 Å². The number of furan rings is 1. The summed E-state index contributed by atoms with van der Waals surface area (Å²) >= 11 is 0. The van der Waals surface area contributed by atoms with Gasteiger partial charge in [0.05, 0.1) is 12.3 Å². The van der Waals surface area contributed by atoms with Gasteiger partial charge in [-0.2, -0.15) is 0 Å². The van der Waals surface area contributed by atoms with Crippen LogP contribution in [0.15, 0.2) is 21.7 Å². The van der Waals surface area contributed by atoms with E-state index in [0.717, 1.165) is 12.1 Å². The predicted octanol–water partition coefficient (Wildman–Crippen LogP) is 1.93. The molecule has 1 amide bonds. The zero-order valence-electron chi connectivity index (χ0n) is 13.8. The van der Waals surface area contributed by atoms with Gasteiger partial charge in [0.1, 0.15) is 11.7 Å². The summed E-state index contributed by atoms with van der Waals surface area (Å²) in [6, 6.07) is 3.15. The summed E-state index contributed by atoms with van der Waals surface area (Å²) in [6.07, 6.45) is 0.582. The van der Waals surface area contributed by atoms with Gasteiger partial charge in [0, 0.05) is 6.42 Å². The summed E-state index contributed by atoms with van der Waals surface area (Å²) < 4.78 is 5.35. The minimum Gasteiger partial charge on any atom is -0.443 e. The normalized spacial score (nSPS) is 17.3. The lowest BCUT2D eigenvalue weighted by atomic mass is 10.0. The van der Waals surface area contributed by atoms with E-state index >= 15 is 0 Å². The number of hydrogen-bond donors (Lipinski definition) is 2. The van der Waals surface area contributed by atoms with Gasteiger partial charge in [0.2, 0.25) is 0 Å². The number of rotatable bonds is 4. The first kappa shape index (κ1) is 17.1. The molecule has 124 valence electrons. The van der Waals surface area contributed by atoms with Crippen LogP contribution in [0.3, 0.4) is 0 Å². The molecular weight excluding hydrogens is 296 g/mol. The van der Waals surface area contributed by atoms with Crippen molar-refractivity contribution in [1.29, 1.82) is 0 Å². The number of nitrogens with one attached hydrogen (secondary N) is 1. The molecule has 23 heavy (non-hydrogen) atoms. The zero-order chi connectivity index (χ0) is 17.0. The summed E-state index contributed by atoms with van der Waals surface area (Å²) in [5.41, 5.74) is -0.102. The van der Waals surface area contributed by atoms with Crippen LogP contribution >= 0.6 is 0 Å². The van der Waals surface area contributed by atoms with Crippen LogP contribution in [0.4, 0.5) is 0 Å². The number of carbonyl (C=O) groups is 1. The number of nitrogens with zero attached hydrogens (tertiary/aromatic N) is 1. The van der Waals surface area contributed by atoms with Crippen LogP contribution in [0.5, 0.6) is 0 Å². The fourth-order valence-corrected chi connectivity index (χ4v) is 1.94. The topological polar surface area (TPSA) is 84.1 Å². The van der Waals surface area contributed by atoms with Crippen molar-refractivity contribution in [3.63, 3.8) is 0 Å². The Balaban J connectivity index is 1.85. The lowest BCUT2D eigenvalue weighted by molar-refractivity contribution is 0.0739. The summed E-state index contributed by atoms with van der Waals surface area (Å²) in [5, 5.41) is 16.3. The van der Waals surface area contributed by atoms with Gasteiger partial charge >= 0.3 is 0 Å². The van der Waals surface area contributed by atoms with Gasteiger partial charge in [-0.15, -0.1) is 0 Å². The molecule has 1 aliphatic heterocycles. The van der Waals surface area contributed by atoms with E-state index in [1.54, 1.807) is 26.0 Å². The quantitative estimate of drug-likeness (QED) is 0.831. The number of oxime groups is 1. The van der Waals surface area contributed by atoms with Crippen LogP contribution < -0.4 is 5.32 Å². The average Bonchev–Trinajstić information content (AvgIpc) is 3.11. The molecule has 0 bridgehead atoms. The highest BCUT2D eigenvalue weighted by Gasteiger charge is 2.24. The molecule has 1 aromatic heterocycles. The van der Waals surface area contributed by atoms with E-state index in [-0.39, 0.29) is 17.8 Å². The first-order chi connectivity index (χ1) is 10.7. The average molecular weight is 318 g/mol. The molecule has 0 saturated heterocycles. The first-order valence-corrected chi connectivity index (χ1v) is 7.61. The Bertz CT molecular complexity index is 656. The van der Waals surface area contributed by atoms with Gasteiger partial charge in [-0.05, 0) is 37.8 Å². The van der Waals surface area contributed by atoms with Crippen molar-refractivity contribution in [2.75, 3.05) is 6.54 Å². The van der Waals surface area contributed by atoms with E-state index in [0.29, 0.717) is 18.2 Å². The van der Waals surface area contributed by atoms with Crippen LogP contribution in [-0.2, 0) is 4.84 Å². The summed E-state index contributed by atoms with van der Waals surface area (Å²) in [5.74, 6) is 5.83. The largest absolute Gasteiger partial charge is 0.443 e. The molecule has 2 heterocycles. The maximum atomic E-state index is 12.0. The van der Waals surface area contributed by atoms with E-state index < -0.39 is 5.60 Å². The molecule has 2 rings (SSSR count). The van der Waals surface area contributed by atoms with E-state index in [9.17, 15) is 9.90 Å². The third-order valence-electron chi connectivity index (χ3n) is 3.23. The van der Waals surface area contributed by atoms with Gasteiger partial charge < -0.3 is 19.7 Å². The number of amides is 1. The fraction of sp³-hybridized carbons (Fsp3) is 0.529. The molecular formula is C17H22N2O4. The first-order valence-electron chi connectivity index (χ1n) is 7.61. The highest BCUT2D eigenvalue weighted by Crippen LogP contribution is 2.15. The number of carbonyl (C=O) groups excluding carboxylic acids is 1. The Morgan fingerprint density at radius 3 is 2.87 bits per heavy atom. The highest BCUT2D eigenvalue weighted by atomic mass is 16.6. The molecule has 2 N–H and O–H groups in total. The molecule has 1 atom stereocenters. The van der Waals surface area contributed by atoms with Crippen molar-refractivity contribution in [2.45, 2.75) is 45.8 Å². The Morgan fingerprint density at radius 1 is 1.52 bits per heavy atom. The molecule has 0 fully saturated rings. The molecule has 1 aromatic rings. The SMILES string of the molecule is CC(C)C1=NO[C@@H](CNC(=O)c2ccc(C#CC(C)(C)O)o2)C1. The van der Waals surface area contributed by atoms with Crippen LogP contribution in [-0.4, -0.2) is 35.0 Å². The van der Waals surface area contributed by atoms with E-state index in [1.165, 1.54) is 0 Å². The second kappa shape index (κ2) is 6.88. The lowest BCUT2D eigenvalue weighted by Gasteiger charge is -2.09. The monoisotopic (exact) mass is 318 g/mol. The minimum absolute atomic E-state index is 0.138. The number of aliphatic hydroxyl groups is 1. The third kappa shape index (κ3) is 5.15. The molecule has 0 unspecified atom stereocenters. The third-order valence-corrected chi connectivity index (χ3v) is 3.23. The maximum Gasteiger partial charge on any atom is 0.287 e. The Morgan fingerprint density at radius 2 is 2.26 bits per heavy atom. The standard InChI is InChI=1S/C17H22N2O4/c1-11(2)14-9-13(23-19-14)10-18-16(20)15-6-5-12(22-15)7-8-17(3,4)21/h5-6,11,13,21H,9-10H2,1-4H3,(H,18,20)/t13-/m1/s1. The Hall–Kier alpha value is -2.26. The maximum absolute atomic E-state index is 12.0. The summed E-state index contributed by atoms with van der Waals surface area (Å²) in [7, 11) is 0. The number of hydrogen-bond acceptors (Lipinski definition) is 5. The van der Waals surface area contributed by atoms with Crippen molar-refractivity contribution >= 4 is 11.6 Å². The molecule has 1 aliphatic rings.